The maximum atomic E-state index is 10.7. The van der Waals surface area contributed by atoms with Crippen LogP contribution in [0.25, 0.3) is 0 Å². The van der Waals surface area contributed by atoms with Gasteiger partial charge in [0.2, 0.25) is 0 Å². The van der Waals surface area contributed by atoms with Crippen molar-refractivity contribution in [3.05, 3.63) is 50.9 Å². The van der Waals surface area contributed by atoms with Gasteiger partial charge < -0.3 is 54.2 Å². The Morgan fingerprint density at radius 2 is 1.13 bits per heavy atom. The minimum Gasteiger partial charge on any atom is -0.760 e. The quantitative estimate of drug-likeness (QED) is 0.244. The summed E-state index contributed by atoms with van der Waals surface area (Å²) >= 11 is -2.02. The van der Waals surface area contributed by atoms with Crippen LogP contribution in [0.1, 0.15) is 59.3 Å². The fourth-order valence-corrected chi connectivity index (χ4v) is 6.56. The summed E-state index contributed by atoms with van der Waals surface area (Å²) in [5, 5.41) is 0. The van der Waals surface area contributed by atoms with E-state index in [9.17, 15) is 13.6 Å². The van der Waals surface area contributed by atoms with Crippen molar-refractivity contribution in [3.63, 3.8) is 0 Å². The Morgan fingerprint density at radius 3 is 1.45 bits per heavy atom. The number of amides is 2. The van der Waals surface area contributed by atoms with Crippen LogP contribution in [0.2, 0.25) is 0 Å². The highest BCUT2D eigenvalue weighted by molar-refractivity contribution is 7.76. The number of likely N-dealkylation sites (tertiary alicyclic amines) is 1. The highest BCUT2D eigenvalue weighted by atomic mass is 32.2. The van der Waals surface area contributed by atoms with Crippen molar-refractivity contribution in [2.24, 2.45) is 17.6 Å². The van der Waals surface area contributed by atoms with Gasteiger partial charge in [0, 0.05) is 89.8 Å². The number of urea groups is 1. The second kappa shape index (κ2) is 39.5. The lowest BCUT2D eigenvalue weighted by molar-refractivity contribution is 0.0595. The number of piperazine rings is 2. The monoisotopic (exact) mass is 870 g/mol. The van der Waals surface area contributed by atoms with E-state index in [1.807, 2.05) is 12.3 Å². The van der Waals surface area contributed by atoms with Gasteiger partial charge in [-0.2, -0.15) is 0 Å². The molecule has 5 heterocycles. The number of morpholine rings is 1. The second-order valence-corrected chi connectivity index (χ2v) is 17.2. The van der Waals surface area contributed by atoms with Gasteiger partial charge in [-0.25, -0.2) is 9.10 Å². The minimum atomic E-state index is -2.02. The van der Waals surface area contributed by atoms with Crippen LogP contribution in [-0.2, 0) is 16.0 Å². The van der Waals surface area contributed by atoms with Gasteiger partial charge in [0.05, 0.1) is 13.2 Å². The fraction of sp³-hybridized carbons (Fsp3) is 0.800. The highest BCUT2D eigenvalue weighted by Crippen LogP contribution is 2.18. The molecule has 0 aromatic carbocycles. The number of piperidine rings is 2. The molecule has 5 aliphatic rings. The number of primary amides is 1. The summed E-state index contributed by atoms with van der Waals surface area (Å²) in [4.78, 5) is 28.1. The number of unbranched alkanes of at least 4 members (excludes halogenated alkanes) is 1. The molecule has 5 fully saturated rings. The van der Waals surface area contributed by atoms with Gasteiger partial charge >= 0.3 is 6.03 Å². The first-order chi connectivity index (χ1) is 28.6. The SMILES string of the molecule is C=CC1CCN(C)CC1.C=CC1CCN(S(=O)[O-])CC1.C=CN1CCN(C(N)=O)CC1.C=CN1CCOCC1.CCCCN(C)C.CCN(C)C.CCN1CCN(C)CC1. The van der Waals surface area contributed by atoms with Crippen molar-refractivity contribution in [2.75, 3.05) is 167 Å². The Hall–Kier alpha value is -2.34. The molecule has 354 valence electrons. The fourth-order valence-electron chi connectivity index (χ4n) is 6.05. The lowest BCUT2D eigenvalue weighted by Crippen LogP contribution is -2.48. The number of likely N-dealkylation sites (N-methyl/N-ethyl adjacent to an activating group) is 2. The van der Waals surface area contributed by atoms with E-state index in [1.54, 1.807) is 11.1 Å². The molecular weight excluding hydrogens is 777 g/mol. The number of nitrogens with two attached hydrogens (primary N) is 1. The van der Waals surface area contributed by atoms with Gasteiger partial charge in [-0.15, -0.1) is 13.2 Å². The first-order valence-corrected chi connectivity index (χ1v) is 23.5. The summed E-state index contributed by atoms with van der Waals surface area (Å²) in [6, 6.07) is -0.325. The molecule has 1 atom stereocenters. The van der Waals surface area contributed by atoms with E-state index in [2.05, 4.69) is 130 Å². The molecule has 15 heteroatoms. The molecule has 0 bridgehead atoms. The van der Waals surface area contributed by atoms with Crippen molar-refractivity contribution in [3.8, 4) is 0 Å². The van der Waals surface area contributed by atoms with Crippen molar-refractivity contribution in [2.45, 2.75) is 59.3 Å². The third-order valence-electron chi connectivity index (χ3n) is 11.0. The number of nitrogens with zero attached hydrogens (tertiary/aromatic N) is 9. The summed E-state index contributed by atoms with van der Waals surface area (Å²) in [5.41, 5.74) is 5.10. The van der Waals surface area contributed by atoms with Crippen LogP contribution in [0.5, 0.6) is 0 Å². The molecule has 60 heavy (non-hydrogen) atoms. The molecule has 14 nitrogen and oxygen atoms in total. The smallest absolute Gasteiger partial charge is 0.314 e. The summed E-state index contributed by atoms with van der Waals surface area (Å²) in [6.45, 7) is 40.5. The van der Waals surface area contributed by atoms with E-state index in [-0.39, 0.29) is 6.03 Å². The number of carbonyl (C=O) groups excluding carboxylic acids is 1. The van der Waals surface area contributed by atoms with E-state index in [0.717, 1.165) is 64.7 Å². The third-order valence-corrected chi connectivity index (χ3v) is 11.7. The molecule has 2 N–H and O–H groups in total. The van der Waals surface area contributed by atoms with Crippen LogP contribution in [0.15, 0.2) is 50.9 Å². The first kappa shape index (κ1) is 59.8. The Labute approximate surface area is 372 Å². The summed E-state index contributed by atoms with van der Waals surface area (Å²) in [7, 11) is 12.7. The molecule has 0 radical (unpaired) electrons. The van der Waals surface area contributed by atoms with Crippen LogP contribution in [0, 0.1) is 11.8 Å². The van der Waals surface area contributed by atoms with E-state index in [1.165, 1.54) is 82.3 Å². The molecular formula is C45H93N10O4S-. The average Bonchev–Trinajstić information content (AvgIpc) is 3.27. The summed E-state index contributed by atoms with van der Waals surface area (Å²) in [5.74, 6) is 1.30. The number of ether oxygens (including phenoxy) is 1. The van der Waals surface area contributed by atoms with Gasteiger partial charge in [0.1, 0.15) is 0 Å². The summed E-state index contributed by atoms with van der Waals surface area (Å²) in [6.07, 6.45) is 14.7. The van der Waals surface area contributed by atoms with Crippen molar-refractivity contribution < 1.29 is 18.3 Å². The van der Waals surface area contributed by atoms with Crippen LogP contribution >= 0.6 is 0 Å². The molecule has 5 saturated heterocycles. The molecule has 5 aliphatic heterocycles. The predicted octanol–water partition coefficient (Wildman–Crippen LogP) is 4.65. The molecule has 0 aliphatic carbocycles. The normalized spacial score (nSPS) is 20.0. The number of allylic oxidation sites excluding steroid dienone is 2. The Kier molecular flexibility index (Phi) is 39.3. The predicted molar refractivity (Wildman–Crippen MR) is 257 cm³/mol. The van der Waals surface area contributed by atoms with Crippen LogP contribution in [0.4, 0.5) is 4.79 Å². The van der Waals surface area contributed by atoms with Crippen molar-refractivity contribution >= 4 is 17.3 Å². The molecule has 0 saturated carbocycles. The maximum Gasteiger partial charge on any atom is 0.314 e. The van der Waals surface area contributed by atoms with Crippen LogP contribution in [0.3, 0.4) is 0 Å². The number of rotatable bonds is 10. The van der Waals surface area contributed by atoms with E-state index in [4.69, 9.17) is 10.5 Å². The summed E-state index contributed by atoms with van der Waals surface area (Å²) < 4.78 is 27.5. The van der Waals surface area contributed by atoms with Gasteiger partial charge in [0.15, 0.2) is 0 Å². The number of carbonyl (C=O) groups is 1. The largest absolute Gasteiger partial charge is 0.760 e. The zero-order valence-corrected chi connectivity index (χ0v) is 40.9. The van der Waals surface area contributed by atoms with Gasteiger partial charge in [-0.05, 0) is 131 Å². The molecule has 1 unspecified atom stereocenters. The third kappa shape index (κ3) is 34.3. The average molecular weight is 870 g/mol. The number of hydrogen-bond donors (Lipinski definition) is 1. The van der Waals surface area contributed by atoms with Gasteiger partial charge in [-0.1, -0.05) is 52.5 Å². The Bertz CT molecular complexity index is 1030. The standard InChI is InChI=1S/C8H15N.C7H13N3O.C7H16N2.C7H13NO2S.C6H11NO.C6H15N.C4H11N/c1-3-8-4-6-9(2)7-5-8;1-2-9-3-5-10(6-4-9)7(8)11;1-3-9-6-4-8(2)5-7-9;1-2-7-3-5-8(6-4-7)11(9)10;1-2-7-3-5-8-6-4-7;1-4-5-6-7(2)3;1-4-5(2)3/h3,8H,1,4-7H2,2H3;2H,1,3-6H2,(H2,8,11);3-7H2,1-2H3;2,7H,1,3-6H2,(H,9,10);2H,1,3-6H2;4-6H2,1-3H3;4H2,1-3H3/p-1. The zero-order valence-electron chi connectivity index (χ0n) is 40.1. The first-order valence-electron chi connectivity index (χ1n) is 22.4. The van der Waals surface area contributed by atoms with Crippen molar-refractivity contribution in [1.29, 1.82) is 0 Å². The molecule has 0 spiro atoms. The lowest BCUT2D eigenvalue weighted by atomic mass is 9.98. The highest BCUT2D eigenvalue weighted by Gasteiger charge is 2.17. The second-order valence-electron chi connectivity index (χ2n) is 16.3. The molecule has 0 aromatic rings. The maximum absolute atomic E-state index is 10.7. The van der Waals surface area contributed by atoms with E-state index < -0.39 is 11.3 Å². The minimum absolute atomic E-state index is 0.325. The lowest BCUT2D eigenvalue weighted by Gasteiger charge is -2.32. The van der Waals surface area contributed by atoms with Crippen LogP contribution < -0.4 is 5.73 Å². The Balaban J connectivity index is 0. The van der Waals surface area contributed by atoms with Gasteiger partial charge in [-0.3, -0.25) is 4.21 Å². The zero-order chi connectivity index (χ0) is 45.7. The van der Waals surface area contributed by atoms with E-state index in [0.29, 0.717) is 32.1 Å². The molecule has 0 aromatic heterocycles. The van der Waals surface area contributed by atoms with E-state index >= 15 is 0 Å². The topological polar surface area (TPSA) is 122 Å². The molecule has 2 amide bonds. The molecule has 5 rings (SSSR count). The van der Waals surface area contributed by atoms with Gasteiger partial charge in [0.25, 0.3) is 0 Å². The Morgan fingerprint density at radius 1 is 0.700 bits per heavy atom. The van der Waals surface area contributed by atoms with Crippen molar-refractivity contribution in [1.82, 2.24) is 43.5 Å². The van der Waals surface area contributed by atoms with Crippen LogP contribution in [-0.4, -0.2) is 225 Å². The number of hydrogen-bond acceptors (Lipinski definition) is 11.